The summed E-state index contributed by atoms with van der Waals surface area (Å²) >= 11 is 0. The van der Waals surface area contributed by atoms with Crippen molar-refractivity contribution in [3.05, 3.63) is 22.5 Å². The van der Waals surface area contributed by atoms with Gasteiger partial charge < -0.3 is 5.32 Å². The fraction of sp³-hybridized carbons (Fsp3) is 0.455. The summed E-state index contributed by atoms with van der Waals surface area (Å²) in [6.45, 7) is 5.74. The first-order valence-electron chi connectivity index (χ1n) is 4.64. The molecule has 1 heterocycles. The highest BCUT2D eigenvalue weighted by atomic mass is 14.9. The van der Waals surface area contributed by atoms with Gasteiger partial charge in [-0.25, -0.2) is 0 Å². The van der Waals surface area contributed by atoms with Crippen LogP contribution in [0.15, 0.2) is 22.5 Å². The summed E-state index contributed by atoms with van der Waals surface area (Å²) < 4.78 is 0. The van der Waals surface area contributed by atoms with E-state index in [1.165, 1.54) is 0 Å². The van der Waals surface area contributed by atoms with E-state index in [0.29, 0.717) is 11.1 Å². The Kier molecular flexibility index (Phi) is 2.94. The van der Waals surface area contributed by atoms with Gasteiger partial charge in [-0.15, -0.1) is 0 Å². The molecule has 0 saturated heterocycles. The molecule has 1 rings (SSSR count). The first-order valence-corrected chi connectivity index (χ1v) is 4.64. The van der Waals surface area contributed by atoms with E-state index in [-0.39, 0.29) is 5.92 Å². The van der Waals surface area contributed by atoms with Crippen LogP contribution in [0.25, 0.3) is 0 Å². The maximum Gasteiger partial charge on any atom is 0.0972 e. The molecular weight excluding hydrogens is 174 g/mol. The lowest BCUT2D eigenvalue weighted by Crippen LogP contribution is -2.24. The van der Waals surface area contributed by atoms with Crippen molar-refractivity contribution in [2.45, 2.75) is 27.2 Å². The quantitative estimate of drug-likeness (QED) is 0.684. The van der Waals surface area contributed by atoms with E-state index in [9.17, 15) is 0 Å². The first kappa shape index (κ1) is 10.3. The number of hydrogen-bond donors (Lipinski definition) is 1. The van der Waals surface area contributed by atoms with Crippen LogP contribution < -0.4 is 5.32 Å². The Balaban J connectivity index is 3.21. The van der Waals surface area contributed by atoms with Crippen LogP contribution in [0.5, 0.6) is 0 Å². The molecule has 3 nitrogen and oxygen atoms in total. The van der Waals surface area contributed by atoms with Crippen LogP contribution in [0.2, 0.25) is 0 Å². The second-order valence-electron chi connectivity index (χ2n) is 3.39. The van der Waals surface area contributed by atoms with Crippen LogP contribution in [0.3, 0.4) is 0 Å². The summed E-state index contributed by atoms with van der Waals surface area (Å²) in [7, 11) is 0. The molecule has 0 unspecified atom stereocenters. The van der Waals surface area contributed by atoms with Gasteiger partial charge >= 0.3 is 0 Å². The third kappa shape index (κ3) is 1.49. The monoisotopic (exact) mass is 187 g/mol. The van der Waals surface area contributed by atoms with Crippen molar-refractivity contribution in [1.82, 2.24) is 5.32 Å². The van der Waals surface area contributed by atoms with Gasteiger partial charge in [0, 0.05) is 17.3 Å². The molecule has 0 radical (unpaired) electrons. The van der Waals surface area contributed by atoms with E-state index in [4.69, 9.17) is 10.5 Å². The molecule has 1 aliphatic rings. The second-order valence-corrected chi connectivity index (χ2v) is 3.39. The number of nitrogens with zero attached hydrogens (tertiary/aromatic N) is 2. The Morgan fingerprint density at radius 3 is 1.86 bits per heavy atom. The van der Waals surface area contributed by atoms with Crippen molar-refractivity contribution in [2.24, 2.45) is 5.92 Å². The lowest BCUT2D eigenvalue weighted by atomic mass is 9.85. The van der Waals surface area contributed by atoms with Crippen molar-refractivity contribution in [3.8, 4) is 12.1 Å². The standard InChI is InChI=1S/C11H13N3/c1-4-9-10(5-12)7(2)14-8(3)11(9)6-13/h9,14H,4H2,1-3H3. The summed E-state index contributed by atoms with van der Waals surface area (Å²) in [4.78, 5) is 0. The van der Waals surface area contributed by atoms with Gasteiger partial charge in [0.1, 0.15) is 0 Å². The summed E-state index contributed by atoms with van der Waals surface area (Å²) in [6, 6.07) is 4.34. The van der Waals surface area contributed by atoms with Crippen molar-refractivity contribution in [3.63, 3.8) is 0 Å². The molecule has 0 amide bonds. The predicted molar refractivity (Wildman–Crippen MR) is 53.5 cm³/mol. The number of nitrogens with one attached hydrogen (secondary N) is 1. The Morgan fingerprint density at radius 1 is 1.14 bits per heavy atom. The third-order valence-electron chi connectivity index (χ3n) is 2.53. The molecule has 1 aliphatic heterocycles. The van der Waals surface area contributed by atoms with Gasteiger partial charge in [-0.3, -0.25) is 0 Å². The molecule has 0 saturated carbocycles. The van der Waals surface area contributed by atoms with Crippen LogP contribution in [0.4, 0.5) is 0 Å². The van der Waals surface area contributed by atoms with E-state index in [1.54, 1.807) is 0 Å². The van der Waals surface area contributed by atoms with E-state index in [1.807, 2.05) is 20.8 Å². The minimum atomic E-state index is -0.0220. The number of dihydropyridines is 1. The van der Waals surface area contributed by atoms with Crippen LogP contribution in [-0.2, 0) is 0 Å². The average Bonchev–Trinajstić information content (AvgIpc) is 2.16. The normalized spacial score (nSPS) is 17.5. The van der Waals surface area contributed by atoms with Gasteiger partial charge in [0.25, 0.3) is 0 Å². The molecule has 0 atom stereocenters. The summed E-state index contributed by atoms with van der Waals surface area (Å²) in [5, 5.41) is 21.0. The van der Waals surface area contributed by atoms with Crippen molar-refractivity contribution >= 4 is 0 Å². The average molecular weight is 187 g/mol. The van der Waals surface area contributed by atoms with Gasteiger partial charge in [-0.2, -0.15) is 10.5 Å². The Bertz CT molecular complexity index is 352. The maximum atomic E-state index is 8.98. The van der Waals surface area contributed by atoms with E-state index in [2.05, 4.69) is 17.5 Å². The molecule has 0 aromatic rings. The first-order chi connectivity index (χ1) is 6.65. The fourth-order valence-corrected chi connectivity index (χ4v) is 1.81. The summed E-state index contributed by atoms with van der Waals surface area (Å²) in [5.41, 5.74) is 3.12. The van der Waals surface area contributed by atoms with Crippen LogP contribution in [-0.4, -0.2) is 0 Å². The largest absolute Gasteiger partial charge is 0.361 e. The van der Waals surface area contributed by atoms with Gasteiger partial charge in [0.15, 0.2) is 0 Å². The molecule has 14 heavy (non-hydrogen) atoms. The smallest absolute Gasteiger partial charge is 0.0972 e. The van der Waals surface area contributed by atoms with Crippen molar-refractivity contribution in [1.29, 1.82) is 10.5 Å². The predicted octanol–water partition coefficient (Wildman–Crippen LogP) is 2.21. The highest BCUT2D eigenvalue weighted by Gasteiger charge is 2.25. The number of hydrogen-bond acceptors (Lipinski definition) is 3. The molecule has 72 valence electrons. The van der Waals surface area contributed by atoms with Gasteiger partial charge in [-0.05, 0) is 20.3 Å². The number of allylic oxidation sites excluding steroid dienone is 4. The fourth-order valence-electron chi connectivity index (χ4n) is 1.81. The maximum absolute atomic E-state index is 8.98. The Hall–Kier alpha value is -1.74. The third-order valence-corrected chi connectivity index (χ3v) is 2.53. The molecule has 0 aromatic heterocycles. The highest BCUT2D eigenvalue weighted by Crippen LogP contribution is 2.30. The lowest BCUT2D eigenvalue weighted by Gasteiger charge is -2.24. The van der Waals surface area contributed by atoms with Crippen LogP contribution in [0.1, 0.15) is 27.2 Å². The number of rotatable bonds is 1. The molecule has 0 bridgehead atoms. The van der Waals surface area contributed by atoms with Gasteiger partial charge in [0.05, 0.1) is 23.3 Å². The molecule has 1 N–H and O–H groups in total. The topological polar surface area (TPSA) is 59.6 Å². The molecule has 0 aromatic carbocycles. The number of nitriles is 2. The summed E-state index contributed by atoms with van der Waals surface area (Å²) in [6.07, 6.45) is 0.794. The Morgan fingerprint density at radius 2 is 1.57 bits per heavy atom. The molecular formula is C11H13N3. The SMILES string of the molecule is CCC1C(C#N)=C(C)NC(C)=C1C#N. The molecule has 3 heteroatoms. The molecule has 0 spiro atoms. The van der Waals surface area contributed by atoms with Crippen molar-refractivity contribution < 1.29 is 0 Å². The molecule has 0 aliphatic carbocycles. The van der Waals surface area contributed by atoms with Crippen LogP contribution >= 0.6 is 0 Å². The van der Waals surface area contributed by atoms with Gasteiger partial charge in [-0.1, -0.05) is 6.92 Å². The zero-order valence-corrected chi connectivity index (χ0v) is 8.68. The van der Waals surface area contributed by atoms with E-state index in [0.717, 1.165) is 17.8 Å². The van der Waals surface area contributed by atoms with E-state index < -0.39 is 0 Å². The minimum Gasteiger partial charge on any atom is -0.361 e. The lowest BCUT2D eigenvalue weighted by molar-refractivity contribution is 0.663. The summed E-state index contributed by atoms with van der Waals surface area (Å²) in [5.74, 6) is -0.0220. The Labute approximate surface area is 84.3 Å². The van der Waals surface area contributed by atoms with Gasteiger partial charge in [0.2, 0.25) is 0 Å². The van der Waals surface area contributed by atoms with Crippen molar-refractivity contribution in [2.75, 3.05) is 0 Å². The molecule has 0 fully saturated rings. The van der Waals surface area contributed by atoms with Crippen LogP contribution in [0, 0.1) is 28.6 Å². The zero-order valence-electron chi connectivity index (χ0n) is 8.68. The zero-order chi connectivity index (χ0) is 10.7. The second kappa shape index (κ2) is 3.98. The van der Waals surface area contributed by atoms with E-state index >= 15 is 0 Å². The minimum absolute atomic E-state index is 0.0220. The highest BCUT2D eigenvalue weighted by molar-refractivity contribution is 5.46.